The van der Waals surface area contributed by atoms with Crippen LogP contribution in [0.4, 0.5) is 17.3 Å². The monoisotopic (exact) mass is 429 g/mol. The third kappa shape index (κ3) is 4.60. The third-order valence-electron chi connectivity index (χ3n) is 4.91. The van der Waals surface area contributed by atoms with Gasteiger partial charge in [0.25, 0.3) is 5.91 Å². The Labute approximate surface area is 185 Å². The Morgan fingerprint density at radius 2 is 1.91 bits per heavy atom. The number of anilines is 3. The Balaban J connectivity index is 1.57. The van der Waals surface area contributed by atoms with Gasteiger partial charge in [0.15, 0.2) is 0 Å². The summed E-state index contributed by atoms with van der Waals surface area (Å²) in [6.45, 7) is 1.99. The minimum Gasteiger partial charge on any atom is -0.438 e. The fraction of sp³-hybridized carbons (Fsp3) is 0.125. The van der Waals surface area contributed by atoms with Gasteiger partial charge in [0.05, 0.1) is 6.61 Å². The molecule has 1 amide bonds. The van der Waals surface area contributed by atoms with Crippen molar-refractivity contribution >= 4 is 34.0 Å². The first-order chi connectivity index (χ1) is 15.5. The maximum absolute atomic E-state index is 12.2. The third-order valence-corrected chi connectivity index (χ3v) is 4.91. The zero-order valence-electron chi connectivity index (χ0n) is 17.5. The standard InChI is InChI=1S/C24H23N5O3/c1-15-6-7-16(23(31)26-12-13-30)14-20(15)28-24-27-11-10-22(29-24)32-21-9-8-19(25)17-4-2-3-5-18(17)21/h2-11,14,30H,12-13,25H2,1H3,(H,26,31)(H,27,28,29). The van der Waals surface area contributed by atoms with Crippen molar-refractivity contribution in [2.24, 2.45) is 0 Å². The summed E-state index contributed by atoms with van der Waals surface area (Å²) in [5.74, 6) is 1.07. The molecule has 0 spiro atoms. The molecule has 0 atom stereocenters. The van der Waals surface area contributed by atoms with Gasteiger partial charge in [0.1, 0.15) is 5.75 Å². The SMILES string of the molecule is Cc1ccc(C(=O)NCCO)cc1Nc1nccc(Oc2ccc(N)c3ccccc23)n1. The van der Waals surface area contributed by atoms with Crippen molar-refractivity contribution in [2.45, 2.75) is 6.92 Å². The van der Waals surface area contributed by atoms with Crippen LogP contribution < -0.4 is 21.1 Å². The van der Waals surface area contributed by atoms with Crippen LogP contribution in [0.15, 0.2) is 66.9 Å². The van der Waals surface area contributed by atoms with Crippen molar-refractivity contribution in [3.8, 4) is 11.6 Å². The van der Waals surface area contributed by atoms with Gasteiger partial charge in [-0.05, 0) is 36.8 Å². The molecule has 0 aliphatic carbocycles. The molecule has 8 heteroatoms. The molecule has 4 aromatic rings. The first-order valence-electron chi connectivity index (χ1n) is 10.1. The quantitative estimate of drug-likeness (QED) is 0.330. The maximum atomic E-state index is 12.2. The van der Waals surface area contributed by atoms with Crippen LogP contribution in [0.1, 0.15) is 15.9 Å². The number of aliphatic hydroxyl groups excluding tert-OH is 1. The Morgan fingerprint density at radius 3 is 2.72 bits per heavy atom. The molecule has 162 valence electrons. The molecule has 0 radical (unpaired) electrons. The van der Waals surface area contributed by atoms with Crippen LogP contribution in [0.3, 0.4) is 0 Å². The van der Waals surface area contributed by atoms with E-state index in [0.29, 0.717) is 34.5 Å². The fourth-order valence-corrected chi connectivity index (χ4v) is 3.25. The second-order valence-corrected chi connectivity index (χ2v) is 7.15. The first-order valence-corrected chi connectivity index (χ1v) is 10.1. The lowest BCUT2D eigenvalue weighted by atomic mass is 10.1. The van der Waals surface area contributed by atoms with E-state index >= 15 is 0 Å². The lowest BCUT2D eigenvalue weighted by molar-refractivity contribution is 0.0945. The Kier molecular flexibility index (Phi) is 6.14. The van der Waals surface area contributed by atoms with Gasteiger partial charge in [-0.15, -0.1) is 0 Å². The highest BCUT2D eigenvalue weighted by Crippen LogP contribution is 2.32. The second-order valence-electron chi connectivity index (χ2n) is 7.15. The van der Waals surface area contributed by atoms with E-state index in [2.05, 4.69) is 20.6 Å². The van der Waals surface area contributed by atoms with E-state index in [0.717, 1.165) is 16.3 Å². The molecule has 0 saturated carbocycles. The molecule has 4 rings (SSSR count). The van der Waals surface area contributed by atoms with Gasteiger partial charge in [0.2, 0.25) is 11.8 Å². The molecule has 0 unspecified atom stereocenters. The largest absolute Gasteiger partial charge is 0.438 e. The summed E-state index contributed by atoms with van der Waals surface area (Å²) < 4.78 is 6.03. The number of aliphatic hydroxyl groups is 1. The van der Waals surface area contributed by atoms with E-state index < -0.39 is 0 Å². The van der Waals surface area contributed by atoms with Crippen LogP contribution in [0.5, 0.6) is 11.6 Å². The maximum Gasteiger partial charge on any atom is 0.251 e. The van der Waals surface area contributed by atoms with E-state index in [1.165, 1.54) is 0 Å². The number of hydrogen-bond donors (Lipinski definition) is 4. The number of hydrogen-bond acceptors (Lipinski definition) is 7. The second kappa shape index (κ2) is 9.32. The minimum atomic E-state index is -0.268. The molecule has 0 fully saturated rings. The van der Waals surface area contributed by atoms with Gasteiger partial charge < -0.3 is 26.2 Å². The normalized spacial score (nSPS) is 10.7. The number of nitrogens with two attached hydrogens (primary N) is 1. The minimum absolute atomic E-state index is 0.118. The molecule has 8 nitrogen and oxygen atoms in total. The molecule has 0 aliphatic rings. The number of fused-ring (bicyclic) bond motifs is 1. The van der Waals surface area contributed by atoms with Crippen molar-refractivity contribution in [1.29, 1.82) is 0 Å². The molecular formula is C24H23N5O3. The van der Waals surface area contributed by atoms with Gasteiger partial charge in [-0.25, -0.2) is 4.98 Å². The van der Waals surface area contributed by atoms with Gasteiger partial charge >= 0.3 is 0 Å². The summed E-state index contributed by atoms with van der Waals surface area (Å²) in [7, 11) is 0. The van der Waals surface area contributed by atoms with Gasteiger partial charge in [-0.2, -0.15) is 4.98 Å². The molecule has 3 aromatic carbocycles. The average Bonchev–Trinajstić information content (AvgIpc) is 2.81. The summed E-state index contributed by atoms with van der Waals surface area (Å²) >= 11 is 0. The Bertz CT molecular complexity index is 1280. The number of nitrogen functional groups attached to an aromatic ring is 1. The van der Waals surface area contributed by atoms with Crippen LogP contribution in [-0.4, -0.2) is 34.1 Å². The molecule has 1 heterocycles. The predicted octanol–water partition coefficient (Wildman–Crippen LogP) is 3.78. The molecule has 1 aromatic heterocycles. The number of benzene rings is 3. The molecule has 5 N–H and O–H groups in total. The van der Waals surface area contributed by atoms with E-state index in [1.54, 1.807) is 30.5 Å². The van der Waals surface area contributed by atoms with Gasteiger partial charge in [-0.3, -0.25) is 4.79 Å². The summed E-state index contributed by atoms with van der Waals surface area (Å²) in [6.07, 6.45) is 1.59. The van der Waals surface area contributed by atoms with E-state index in [9.17, 15) is 4.79 Å². The zero-order valence-corrected chi connectivity index (χ0v) is 17.5. The summed E-state index contributed by atoms with van der Waals surface area (Å²) in [6, 6.07) is 18.3. The number of nitrogens with zero attached hydrogens (tertiary/aromatic N) is 2. The van der Waals surface area contributed by atoms with Crippen LogP contribution in [0.25, 0.3) is 10.8 Å². The van der Waals surface area contributed by atoms with Crippen molar-refractivity contribution in [3.63, 3.8) is 0 Å². The number of aryl methyl sites for hydroxylation is 1. The van der Waals surface area contributed by atoms with Gasteiger partial charge in [-0.1, -0.05) is 30.3 Å². The first kappa shape index (κ1) is 21.1. The molecule has 32 heavy (non-hydrogen) atoms. The average molecular weight is 429 g/mol. The zero-order chi connectivity index (χ0) is 22.5. The number of rotatable bonds is 7. The summed E-state index contributed by atoms with van der Waals surface area (Å²) in [4.78, 5) is 20.9. The van der Waals surface area contributed by atoms with Crippen molar-refractivity contribution < 1.29 is 14.6 Å². The number of ether oxygens (including phenoxy) is 1. The highest BCUT2D eigenvalue weighted by atomic mass is 16.5. The molecule has 0 bridgehead atoms. The topological polar surface area (TPSA) is 122 Å². The summed E-state index contributed by atoms with van der Waals surface area (Å²) in [5.41, 5.74) is 8.82. The lowest BCUT2D eigenvalue weighted by Crippen LogP contribution is -2.26. The number of aromatic nitrogens is 2. The molecule has 0 aliphatic heterocycles. The van der Waals surface area contributed by atoms with Crippen molar-refractivity contribution in [2.75, 3.05) is 24.2 Å². The van der Waals surface area contributed by atoms with E-state index in [1.807, 2.05) is 43.3 Å². The molecular weight excluding hydrogens is 406 g/mol. The highest BCUT2D eigenvalue weighted by molar-refractivity contribution is 5.97. The van der Waals surface area contributed by atoms with Crippen LogP contribution in [0, 0.1) is 6.92 Å². The lowest BCUT2D eigenvalue weighted by Gasteiger charge is -2.12. The number of amides is 1. The Hall–Kier alpha value is -4.17. The van der Waals surface area contributed by atoms with Crippen LogP contribution in [-0.2, 0) is 0 Å². The van der Waals surface area contributed by atoms with Gasteiger partial charge in [0, 0.05) is 46.5 Å². The Morgan fingerprint density at radius 1 is 1.09 bits per heavy atom. The van der Waals surface area contributed by atoms with Crippen molar-refractivity contribution in [1.82, 2.24) is 15.3 Å². The van der Waals surface area contributed by atoms with E-state index in [4.69, 9.17) is 15.6 Å². The predicted molar refractivity (Wildman–Crippen MR) is 124 cm³/mol. The molecule has 0 saturated heterocycles. The number of carbonyl (C=O) groups is 1. The summed E-state index contributed by atoms with van der Waals surface area (Å²) in [5, 5.41) is 16.5. The fourth-order valence-electron chi connectivity index (χ4n) is 3.25. The highest BCUT2D eigenvalue weighted by Gasteiger charge is 2.11. The van der Waals surface area contributed by atoms with Crippen LogP contribution in [0.2, 0.25) is 0 Å². The smallest absolute Gasteiger partial charge is 0.251 e. The van der Waals surface area contributed by atoms with Crippen molar-refractivity contribution in [3.05, 3.63) is 78.0 Å². The number of nitrogens with one attached hydrogen (secondary N) is 2. The number of carbonyl (C=O) groups excluding carboxylic acids is 1. The van der Waals surface area contributed by atoms with Crippen LogP contribution >= 0.6 is 0 Å². The van der Waals surface area contributed by atoms with E-state index in [-0.39, 0.29) is 19.1 Å².